The summed E-state index contributed by atoms with van der Waals surface area (Å²) in [6.45, 7) is 3.38. The van der Waals surface area contributed by atoms with Crippen molar-refractivity contribution in [2.45, 2.75) is 13.8 Å². The molecule has 23 heavy (non-hydrogen) atoms. The van der Waals surface area contributed by atoms with Gasteiger partial charge in [0.15, 0.2) is 0 Å². The number of nitrogens with one attached hydrogen (secondary N) is 1. The van der Waals surface area contributed by atoms with Crippen LogP contribution in [-0.4, -0.2) is 21.0 Å². The van der Waals surface area contributed by atoms with Gasteiger partial charge in [-0.1, -0.05) is 28.1 Å². The van der Waals surface area contributed by atoms with Crippen LogP contribution >= 0.6 is 15.9 Å². The first-order valence-electron chi connectivity index (χ1n) is 6.92. The summed E-state index contributed by atoms with van der Waals surface area (Å²) in [7, 11) is 0. The number of aromatic amines is 1. The Morgan fingerprint density at radius 3 is 2.48 bits per heavy atom. The SMILES string of the molecule is Cc1nc2c(-c3ccc(Br)cc3)c(C)c(=O)[nH]c2cc1C(=O)O. The number of aromatic nitrogens is 2. The highest BCUT2D eigenvalue weighted by Gasteiger charge is 2.16. The average molecular weight is 373 g/mol. The van der Waals surface area contributed by atoms with Gasteiger partial charge < -0.3 is 10.1 Å². The van der Waals surface area contributed by atoms with Gasteiger partial charge in [0.1, 0.15) is 0 Å². The number of carboxylic acid groups (broad SMARTS) is 1. The number of carboxylic acids is 1. The smallest absolute Gasteiger partial charge is 0.337 e. The summed E-state index contributed by atoms with van der Waals surface area (Å²) in [6.07, 6.45) is 0. The van der Waals surface area contributed by atoms with Gasteiger partial charge in [0, 0.05) is 15.6 Å². The summed E-state index contributed by atoms with van der Waals surface area (Å²) in [4.78, 5) is 30.6. The maximum absolute atomic E-state index is 12.2. The summed E-state index contributed by atoms with van der Waals surface area (Å²) in [5.41, 5.74) is 3.38. The molecule has 5 nitrogen and oxygen atoms in total. The molecule has 3 rings (SSSR count). The molecule has 0 unspecified atom stereocenters. The zero-order valence-corrected chi connectivity index (χ0v) is 14.1. The van der Waals surface area contributed by atoms with Crippen molar-refractivity contribution in [2.75, 3.05) is 0 Å². The molecule has 0 saturated heterocycles. The number of hydrogen-bond acceptors (Lipinski definition) is 3. The Bertz CT molecular complexity index is 991. The zero-order valence-electron chi connectivity index (χ0n) is 12.5. The van der Waals surface area contributed by atoms with Crippen molar-refractivity contribution in [1.29, 1.82) is 0 Å². The van der Waals surface area contributed by atoms with Gasteiger partial charge >= 0.3 is 5.97 Å². The van der Waals surface area contributed by atoms with Crippen LogP contribution in [0.3, 0.4) is 0 Å². The summed E-state index contributed by atoms with van der Waals surface area (Å²) in [5, 5.41) is 9.23. The lowest BCUT2D eigenvalue weighted by Gasteiger charge is -2.11. The summed E-state index contributed by atoms with van der Waals surface area (Å²) >= 11 is 3.39. The first kappa shape index (κ1) is 15.4. The third-order valence-corrected chi connectivity index (χ3v) is 4.31. The number of carbonyl (C=O) groups is 1. The Labute approximate surface area is 140 Å². The number of hydrogen-bond donors (Lipinski definition) is 2. The molecule has 2 aromatic heterocycles. The van der Waals surface area contributed by atoms with Crippen molar-refractivity contribution in [3.63, 3.8) is 0 Å². The molecule has 116 valence electrons. The van der Waals surface area contributed by atoms with Crippen molar-refractivity contribution in [2.24, 2.45) is 0 Å². The van der Waals surface area contributed by atoms with Gasteiger partial charge in [0.2, 0.25) is 0 Å². The topological polar surface area (TPSA) is 83.0 Å². The first-order chi connectivity index (χ1) is 10.9. The maximum atomic E-state index is 12.2. The minimum Gasteiger partial charge on any atom is -0.478 e. The van der Waals surface area contributed by atoms with Crippen LogP contribution in [-0.2, 0) is 0 Å². The van der Waals surface area contributed by atoms with Gasteiger partial charge in [-0.05, 0) is 37.6 Å². The van der Waals surface area contributed by atoms with Crippen molar-refractivity contribution < 1.29 is 9.90 Å². The molecule has 0 fully saturated rings. The normalized spacial score (nSPS) is 10.9. The van der Waals surface area contributed by atoms with Crippen LogP contribution in [0.15, 0.2) is 39.6 Å². The molecular formula is C17H13BrN2O3. The molecule has 0 aliphatic heterocycles. The number of fused-ring (bicyclic) bond motifs is 1. The zero-order chi connectivity index (χ0) is 16.7. The van der Waals surface area contributed by atoms with Crippen molar-refractivity contribution in [3.05, 3.63) is 62.0 Å². The van der Waals surface area contributed by atoms with E-state index in [1.165, 1.54) is 6.07 Å². The minimum atomic E-state index is -1.07. The first-order valence-corrected chi connectivity index (χ1v) is 7.71. The molecule has 0 amide bonds. The van der Waals surface area contributed by atoms with E-state index in [4.69, 9.17) is 0 Å². The Morgan fingerprint density at radius 1 is 1.22 bits per heavy atom. The molecule has 2 heterocycles. The summed E-state index contributed by atoms with van der Waals surface area (Å²) in [5.74, 6) is -1.07. The van der Waals surface area contributed by atoms with Crippen molar-refractivity contribution in [3.8, 4) is 11.1 Å². The summed E-state index contributed by atoms with van der Waals surface area (Å²) in [6, 6.07) is 9.03. The van der Waals surface area contributed by atoms with Gasteiger partial charge in [-0.3, -0.25) is 9.78 Å². The second-order valence-corrected chi connectivity index (χ2v) is 6.20. The van der Waals surface area contributed by atoms with E-state index in [0.29, 0.717) is 22.3 Å². The fourth-order valence-electron chi connectivity index (χ4n) is 2.58. The Hall–Kier alpha value is -2.47. The number of H-pyrrole nitrogens is 1. The monoisotopic (exact) mass is 372 g/mol. The van der Waals surface area contributed by atoms with Gasteiger partial charge in [0.25, 0.3) is 5.56 Å². The third kappa shape index (κ3) is 2.66. The number of aromatic carboxylic acids is 1. The lowest BCUT2D eigenvalue weighted by Crippen LogP contribution is -2.13. The lowest BCUT2D eigenvalue weighted by molar-refractivity contribution is 0.0696. The molecule has 1 aromatic carbocycles. The molecule has 0 aliphatic rings. The highest BCUT2D eigenvalue weighted by atomic mass is 79.9. The predicted octanol–water partition coefficient (Wildman–Crippen LogP) is 3.67. The van der Waals surface area contributed by atoms with Crippen molar-refractivity contribution >= 4 is 32.9 Å². The standard InChI is InChI=1S/C17H13BrN2O3/c1-8-14(10-3-5-11(18)6-4-10)15-13(20-16(8)21)7-12(17(22)23)9(2)19-15/h3-7H,1-2H3,(H,20,21)(H,22,23). The van der Waals surface area contributed by atoms with Crippen LogP contribution in [0.1, 0.15) is 21.6 Å². The van der Waals surface area contributed by atoms with Crippen LogP contribution in [0.4, 0.5) is 0 Å². The van der Waals surface area contributed by atoms with Crippen molar-refractivity contribution in [1.82, 2.24) is 9.97 Å². The van der Waals surface area contributed by atoms with E-state index in [9.17, 15) is 14.7 Å². The number of halogens is 1. The number of aryl methyl sites for hydroxylation is 1. The molecule has 3 aromatic rings. The van der Waals surface area contributed by atoms with Gasteiger partial charge in [0.05, 0.1) is 22.3 Å². The van der Waals surface area contributed by atoms with Gasteiger partial charge in [-0.25, -0.2) is 4.79 Å². The summed E-state index contributed by atoms with van der Waals surface area (Å²) < 4.78 is 0.936. The van der Waals surface area contributed by atoms with E-state index < -0.39 is 5.97 Å². The van der Waals surface area contributed by atoms with Crippen LogP contribution in [0.25, 0.3) is 22.2 Å². The highest BCUT2D eigenvalue weighted by Crippen LogP contribution is 2.29. The van der Waals surface area contributed by atoms with Crippen LogP contribution in [0.2, 0.25) is 0 Å². The van der Waals surface area contributed by atoms with E-state index in [2.05, 4.69) is 25.9 Å². The molecular weight excluding hydrogens is 360 g/mol. The predicted molar refractivity (Wildman–Crippen MR) is 91.9 cm³/mol. The minimum absolute atomic E-state index is 0.0822. The van der Waals surface area contributed by atoms with E-state index in [0.717, 1.165) is 15.6 Å². The maximum Gasteiger partial charge on any atom is 0.337 e. The molecule has 0 radical (unpaired) electrons. The fraction of sp³-hybridized carbons (Fsp3) is 0.118. The molecule has 0 saturated carbocycles. The fourth-order valence-corrected chi connectivity index (χ4v) is 2.85. The Kier molecular flexibility index (Phi) is 3.77. The largest absolute Gasteiger partial charge is 0.478 e. The molecule has 0 spiro atoms. The second kappa shape index (κ2) is 5.62. The number of rotatable bonds is 2. The Balaban J connectivity index is 2.42. The molecule has 0 bridgehead atoms. The van der Waals surface area contributed by atoms with Crippen LogP contribution < -0.4 is 5.56 Å². The Morgan fingerprint density at radius 2 is 1.87 bits per heavy atom. The molecule has 0 aliphatic carbocycles. The van der Waals surface area contributed by atoms with Gasteiger partial charge in [-0.15, -0.1) is 0 Å². The van der Waals surface area contributed by atoms with E-state index in [-0.39, 0.29) is 11.1 Å². The van der Waals surface area contributed by atoms with E-state index >= 15 is 0 Å². The quantitative estimate of drug-likeness (QED) is 0.718. The van der Waals surface area contributed by atoms with E-state index in [1.54, 1.807) is 13.8 Å². The molecule has 0 atom stereocenters. The third-order valence-electron chi connectivity index (χ3n) is 3.78. The number of pyridine rings is 2. The lowest BCUT2D eigenvalue weighted by atomic mass is 9.99. The van der Waals surface area contributed by atoms with Gasteiger partial charge in [-0.2, -0.15) is 0 Å². The van der Waals surface area contributed by atoms with Crippen LogP contribution in [0.5, 0.6) is 0 Å². The molecule has 2 N–H and O–H groups in total. The molecule has 6 heteroatoms. The number of nitrogens with zero attached hydrogens (tertiary/aromatic N) is 1. The highest BCUT2D eigenvalue weighted by molar-refractivity contribution is 9.10. The van der Waals surface area contributed by atoms with Crippen LogP contribution in [0, 0.1) is 13.8 Å². The average Bonchev–Trinajstić information content (AvgIpc) is 2.50. The number of benzene rings is 1. The van der Waals surface area contributed by atoms with E-state index in [1.807, 2.05) is 24.3 Å². The second-order valence-electron chi connectivity index (χ2n) is 5.28.